The molecule has 1 N–H and O–H groups in total. The molecule has 0 radical (unpaired) electrons. The van der Waals surface area contributed by atoms with Crippen LogP contribution in [-0.4, -0.2) is 6.54 Å². The summed E-state index contributed by atoms with van der Waals surface area (Å²) < 4.78 is 0. The summed E-state index contributed by atoms with van der Waals surface area (Å²) in [6.07, 6.45) is 4.34. The van der Waals surface area contributed by atoms with Crippen LogP contribution in [0.15, 0.2) is 54.6 Å². The number of hydrogen-bond acceptors (Lipinski definition) is 1. The molecule has 1 nitrogen and oxygen atoms in total. The number of anilines is 1. The van der Waals surface area contributed by atoms with Crippen LogP contribution in [0.5, 0.6) is 0 Å². The smallest absolute Gasteiger partial charge is 0.0422 e. The number of para-hydroxylation sites is 1. The Morgan fingerprint density at radius 1 is 0.812 bits per heavy atom. The summed E-state index contributed by atoms with van der Waals surface area (Å²) in [6, 6.07) is 17.0. The van der Waals surface area contributed by atoms with E-state index in [2.05, 4.69) is 66.0 Å². The van der Waals surface area contributed by atoms with Gasteiger partial charge in [0.2, 0.25) is 0 Å². The molecule has 0 aromatic heterocycles. The molecule has 0 saturated heterocycles. The van der Waals surface area contributed by atoms with Crippen LogP contribution in [0.3, 0.4) is 0 Å². The minimum Gasteiger partial charge on any atom is -0.381 e. The van der Waals surface area contributed by atoms with Crippen LogP contribution in [0.1, 0.15) is 5.56 Å². The maximum Gasteiger partial charge on any atom is 0.0422 e. The number of fused-ring (bicyclic) bond motifs is 3. The summed E-state index contributed by atoms with van der Waals surface area (Å²) >= 11 is 0. The van der Waals surface area contributed by atoms with E-state index in [-0.39, 0.29) is 0 Å². The zero-order valence-electron chi connectivity index (χ0n) is 8.98. The standard InChI is InChI=1S/C15H13N/c1-2-8-13-12(6-1)7-5-11-16-15-10-4-3-9-14(13)15/h1-10,16H,11H2/b7-5-. The molecule has 0 bridgehead atoms. The SMILES string of the molecule is C1=C\c2ccccc2-c2ccccc2NC/1. The maximum atomic E-state index is 3.42. The molecule has 1 aliphatic heterocycles. The van der Waals surface area contributed by atoms with Gasteiger partial charge in [-0.2, -0.15) is 0 Å². The van der Waals surface area contributed by atoms with Crippen LogP contribution in [-0.2, 0) is 0 Å². The second kappa shape index (κ2) is 3.86. The van der Waals surface area contributed by atoms with E-state index in [1.165, 1.54) is 22.4 Å². The number of benzene rings is 2. The zero-order chi connectivity index (χ0) is 10.8. The lowest BCUT2D eigenvalue weighted by Gasteiger charge is -2.15. The lowest BCUT2D eigenvalue weighted by atomic mass is 9.97. The quantitative estimate of drug-likeness (QED) is 0.693. The Hall–Kier alpha value is -2.02. The van der Waals surface area contributed by atoms with Crippen molar-refractivity contribution in [3.8, 4) is 11.1 Å². The van der Waals surface area contributed by atoms with Crippen molar-refractivity contribution in [3.63, 3.8) is 0 Å². The van der Waals surface area contributed by atoms with Gasteiger partial charge in [-0.1, -0.05) is 54.6 Å². The summed E-state index contributed by atoms with van der Waals surface area (Å²) in [4.78, 5) is 0. The second-order valence-corrected chi connectivity index (χ2v) is 3.92. The first-order chi connectivity index (χ1) is 7.95. The molecule has 0 atom stereocenters. The van der Waals surface area contributed by atoms with Gasteiger partial charge in [-0.15, -0.1) is 0 Å². The normalized spacial score (nSPS) is 15.0. The summed E-state index contributed by atoms with van der Waals surface area (Å²) in [7, 11) is 0. The highest BCUT2D eigenvalue weighted by Crippen LogP contribution is 2.32. The molecule has 16 heavy (non-hydrogen) atoms. The molecule has 1 aliphatic rings. The molecule has 2 aromatic carbocycles. The molecule has 0 saturated carbocycles. The molecule has 3 rings (SSSR count). The van der Waals surface area contributed by atoms with Gasteiger partial charge in [-0.3, -0.25) is 0 Å². The van der Waals surface area contributed by atoms with Gasteiger partial charge in [0.15, 0.2) is 0 Å². The minimum atomic E-state index is 0.880. The Kier molecular flexibility index (Phi) is 2.22. The third-order valence-electron chi connectivity index (χ3n) is 2.89. The zero-order valence-corrected chi connectivity index (χ0v) is 8.98. The first-order valence-corrected chi connectivity index (χ1v) is 5.54. The van der Waals surface area contributed by atoms with E-state index in [1.807, 2.05) is 0 Å². The van der Waals surface area contributed by atoms with Crippen molar-refractivity contribution in [1.29, 1.82) is 0 Å². The predicted molar refractivity (Wildman–Crippen MR) is 69.4 cm³/mol. The Morgan fingerprint density at radius 2 is 1.56 bits per heavy atom. The van der Waals surface area contributed by atoms with Crippen molar-refractivity contribution in [3.05, 3.63) is 60.2 Å². The topological polar surface area (TPSA) is 12.0 Å². The molecule has 0 fully saturated rings. The third kappa shape index (κ3) is 1.50. The largest absolute Gasteiger partial charge is 0.381 e. The summed E-state index contributed by atoms with van der Waals surface area (Å²) in [5.74, 6) is 0. The molecule has 78 valence electrons. The van der Waals surface area contributed by atoms with Gasteiger partial charge in [0.25, 0.3) is 0 Å². The van der Waals surface area contributed by atoms with Crippen LogP contribution in [0.4, 0.5) is 5.69 Å². The van der Waals surface area contributed by atoms with E-state index in [4.69, 9.17) is 0 Å². The Labute approximate surface area is 95.4 Å². The van der Waals surface area contributed by atoms with Gasteiger partial charge < -0.3 is 5.32 Å². The van der Waals surface area contributed by atoms with E-state index >= 15 is 0 Å². The monoisotopic (exact) mass is 207 g/mol. The third-order valence-corrected chi connectivity index (χ3v) is 2.89. The number of hydrogen-bond donors (Lipinski definition) is 1. The molecule has 0 spiro atoms. The number of nitrogens with one attached hydrogen (secondary N) is 1. The lowest BCUT2D eigenvalue weighted by Crippen LogP contribution is -2.02. The molecule has 0 unspecified atom stereocenters. The fourth-order valence-electron chi connectivity index (χ4n) is 2.11. The van der Waals surface area contributed by atoms with E-state index in [0.29, 0.717) is 0 Å². The van der Waals surface area contributed by atoms with Gasteiger partial charge in [-0.05, 0) is 17.2 Å². The van der Waals surface area contributed by atoms with Crippen LogP contribution in [0.25, 0.3) is 17.2 Å². The average molecular weight is 207 g/mol. The summed E-state index contributed by atoms with van der Waals surface area (Å²) in [5, 5.41) is 3.42. The summed E-state index contributed by atoms with van der Waals surface area (Å²) in [5.41, 5.74) is 5.07. The Balaban J connectivity index is 2.28. The van der Waals surface area contributed by atoms with Crippen LogP contribution < -0.4 is 5.32 Å². The van der Waals surface area contributed by atoms with Gasteiger partial charge in [0, 0.05) is 17.8 Å². The van der Waals surface area contributed by atoms with Crippen molar-refractivity contribution >= 4 is 11.8 Å². The van der Waals surface area contributed by atoms with E-state index in [0.717, 1.165) is 6.54 Å². The number of rotatable bonds is 0. The first kappa shape index (κ1) is 9.22. The molecule has 2 aromatic rings. The molecule has 0 aliphatic carbocycles. The lowest BCUT2D eigenvalue weighted by molar-refractivity contribution is 1.33. The first-order valence-electron chi connectivity index (χ1n) is 5.54. The molecule has 1 heterocycles. The van der Waals surface area contributed by atoms with E-state index in [9.17, 15) is 0 Å². The minimum absolute atomic E-state index is 0.880. The summed E-state index contributed by atoms with van der Waals surface area (Å²) in [6.45, 7) is 0.880. The van der Waals surface area contributed by atoms with Crippen molar-refractivity contribution in [1.82, 2.24) is 0 Å². The predicted octanol–water partition coefficient (Wildman–Crippen LogP) is 3.79. The highest BCUT2D eigenvalue weighted by Gasteiger charge is 2.08. The fraction of sp³-hybridized carbons (Fsp3) is 0.0667. The molecule has 1 heteroatoms. The molecular weight excluding hydrogens is 194 g/mol. The van der Waals surface area contributed by atoms with Crippen molar-refractivity contribution in [2.24, 2.45) is 0 Å². The molecule has 0 amide bonds. The van der Waals surface area contributed by atoms with Crippen molar-refractivity contribution in [2.75, 3.05) is 11.9 Å². The maximum absolute atomic E-state index is 3.42. The highest BCUT2D eigenvalue weighted by atomic mass is 14.9. The van der Waals surface area contributed by atoms with Gasteiger partial charge in [0.1, 0.15) is 0 Å². The molecular formula is C15H13N. The van der Waals surface area contributed by atoms with Crippen molar-refractivity contribution < 1.29 is 0 Å². The van der Waals surface area contributed by atoms with Crippen LogP contribution >= 0.6 is 0 Å². The van der Waals surface area contributed by atoms with Crippen LogP contribution in [0.2, 0.25) is 0 Å². The Bertz CT molecular complexity index is 541. The van der Waals surface area contributed by atoms with Gasteiger partial charge in [-0.25, -0.2) is 0 Å². The van der Waals surface area contributed by atoms with E-state index in [1.54, 1.807) is 0 Å². The average Bonchev–Trinajstić information content (AvgIpc) is 2.33. The van der Waals surface area contributed by atoms with Crippen LogP contribution in [0, 0.1) is 0 Å². The Morgan fingerprint density at radius 3 is 2.50 bits per heavy atom. The van der Waals surface area contributed by atoms with Gasteiger partial charge >= 0.3 is 0 Å². The second-order valence-electron chi connectivity index (χ2n) is 3.92. The fourth-order valence-corrected chi connectivity index (χ4v) is 2.11. The van der Waals surface area contributed by atoms with Gasteiger partial charge in [0.05, 0.1) is 0 Å². The van der Waals surface area contributed by atoms with Crippen molar-refractivity contribution in [2.45, 2.75) is 0 Å². The highest BCUT2D eigenvalue weighted by molar-refractivity contribution is 5.84. The van der Waals surface area contributed by atoms with E-state index < -0.39 is 0 Å².